The van der Waals surface area contributed by atoms with Gasteiger partial charge in [-0.25, -0.2) is 4.99 Å². The summed E-state index contributed by atoms with van der Waals surface area (Å²) in [5.41, 5.74) is 13.5. The maximum Gasteiger partial charge on any atom is 0.0737 e. The normalized spacial score (nSPS) is 20.7. The number of aliphatic imine (C=N–C) groups is 1. The molecule has 1 atom stereocenters. The number of fused-ring (bicyclic) bond motifs is 7. The van der Waals surface area contributed by atoms with Crippen molar-refractivity contribution in [2.75, 3.05) is 0 Å². The van der Waals surface area contributed by atoms with E-state index in [2.05, 4.69) is 192 Å². The summed E-state index contributed by atoms with van der Waals surface area (Å²) in [5.74, 6) is 0. The van der Waals surface area contributed by atoms with Crippen molar-refractivity contribution >= 4 is 22.4 Å². The highest BCUT2D eigenvalue weighted by Gasteiger charge is 2.34. The van der Waals surface area contributed by atoms with Crippen LogP contribution in [0.5, 0.6) is 0 Å². The van der Waals surface area contributed by atoms with Crippen molar-refractivity contribution in [3.05, 3.63) is 231 Å². The first kappa shape index (κ1) is 28.8. The van der Waals surface area contributed by atoms with Crippen LogP contribution in [0.1, 0.15) is 51.8 Å². The van der Waals surface area contributed by atoms with Gasteiger partial charge in [-0.15, -0.1) is 0 Å². The van der Waals surface area contributed by atoms with Gasteiger partial charge >= 0.3 is 0 Å². The van der Waals surface area contributed by atoms with Crippen molar-refractivity contribution in [1.82, 2.24) is 15.0 Å². The predicted octanol–water partition coefficient (Wildman–Crippen LogP) is 8.26. The molecule has 0 fully saturated rings. The van der Waals surface area contributed by atoms with Gasteiger partial charge in [-0.1, -0.05) is 121 Å². The molecule has 9 rings (SSSR count). The van der Waals surface area contributed by atoms with E-state index in [-0.39, 0.29) is 0 Å². The summed E-state index contributed by atoms with van der Waals surface area (Å²) in [7, 11) is 0. The monoisotopic (exact) mass is 630 g/mol. The number of H-pyrrole nitrogens is 3. The Labute approximate surface area is 285 Å². The number of aromatic amines is 3. The molecular weight excluding hydrogens is 597 g/mol. The molecule has 0 amide bonds. The standard InChI is InChI=1S/C45H34N4/c1-45(33-20-12-5-13-21-33)34-28-40(46-29-34)44(32-18-10-4-11-19-32)38-25-24-36(48-38)42(30-14-6-2-7-15-30)35-22-23-37(47-35)43(31-16-8-3-9-17-31)39-26-27-41(45)49-39/h2-29,46,48-49H,1H3/b42-36-,43-37-,44-38-/t45-/m1/s1. The molecule has 7 aromatic rings. The molecule has 3 N–H and O–H groups in total. The SMILES string of the molecule is C[C@@]1(c2ccccc2)c2c[nH]c(c2)/C(c2ccccc2)=c2/cc/c([nH]2)=C(\c2ccccc2)C2=N/C(=C(/c3ccccc3)c3ccc1[nH]3)C=C2. The number of rotatable bonds is 4. The highest BCUT2D eigenvalue weighted by atomic mass is 14.8. The molecule has 0 unspecified atom stereocenters. The van der Waals surface area contributed by atoms with Crippen LogP contribution in [0.3, 0.4) is 0 Å². The number of hydrogen-bond donors (Lipinski definition) is 3. The minimum atomic E-state index is -0.477. The molecule has 4 heteroatoms. The Morgan fingerprint density at radius 2 is 1.06 bits per heavy atom. The first-order valence-corrected chi connectivity index (χ1v) is 16.7. The number of benzene rings is 4. The van der Waals surface area contributed by atoms with Gasteiger partial charge in [-0.05, 0) is 77.2 Å². The van der Waals surface area contributed by atoms with Gasteiger partial charge in [0.05, 0.1) is 16.8 Å². The number of nitrogens with one attached hydrogen (secondary N) is 3. The van der Waals surface area contributed by atoms with Crippen molar-refractivity contribution in [1.29, 1.82) is 0 Å². The Morgan fingerprint density at radius 1 is 0.490 bits per heavy atom. The maximum absolute atomic E-state index is 5.38. The minimum Gasteiger partial charge on any atom is -0.361 e. The Hall–Kier alpha value is -6.39. The summed E-state index contributed by atoms with van der Waals surface area (Å²) >= 11 is 0. The zero-order valence-electron chi connectivity index (χ0n) is 27.1. The van der Waals surface area contributed by atoms with E-state index in [9.17, 15) is 0 Å². The summed E-state index contributed by atoms with van der Waals surface area (Å²) < 4.78 is 0. The topological polar surface area (TPSA) is 59.7 Å². The fourth-order valence-electron chi connectivity index (χ4n) is 7.39. The van der Waals surface area contributed by atoms with Crippen LogP contribution in [0.4, 0.5) is 0 Å². The van der Waals surface area contributed by atoms with Gasteiger partial charge in [-0.2, -0.15) is 0 Å². The average molecular weight is 631 g/mol. The fourth-order valence-corrected chi connectivity index (χ4v) is 7.39. The van der Waals surface area contributed by atoms with Crippen LogP contribution in [0, 0.1) is 0 Å². The van der Waals surface area contributed by atoms with Crippen LogP contribution >= 0.6 is 0 Å². The summed E-state index contributed by atoms with van der Waals surface area (Å²) in [6.07, 6.45) is 6.47. The van der Waals surface area contributed by atoms with Crippen LogP contribution in [0.15, 0.2) is 181 Å². The summed E-state index contributed by atoms with van der Waals surface area (Å²) in [6, 6.07) is 53.6. The Kier molecular flexibility index (Phi) is 6.87. The van der Waals surface area contributed by atoms with Crippen LogP contribution in [0.25, 0.3) is 16.7 Å². The highest BCUT2D eigenvalue weighted by molar-refractivity contribution is 6.30. The van der Waals surface area contributed by atoms with Gasteiger partial charge in [-0.3, -0.25) is 0 Å². The molecule has 0 saturated heterocycles. The van der Waals surface area contributed by atoms with Crippen LogP contribution < -0.4 is 10.7 Å². The van der Waals surface area contributed by atoms with E-state index < -0.39 is 5.41 Å². The first-order valence-electron chi connectivity index (χ1n) is 16.7. The average Bonchev–Trinajstić information content (AvgIpc) is 4.00. The number of nitrogens with zero attached hydrogens (tertiary/aromatic N) is 1. The van der Waals surface area contributed by atoms with Gasteiger partial charge in [0.25, 0.3) is 0 Å². The van der Waals surface area contributed by atoms with Crippen LogP contribution in [-0.2, 0) is 5.41 Å². The molecule has 4 nitrogen and oxygen atoms in total. The second-order valence-electron chi connectivity index (χ2n) is 12.8. The van der Waals surface area contributed by atoms with Gasteiger partial charge in [0.15, 0.2) is 0 Å². The van der Waals surface area contributed by atoms with E-state index in [4.69, 9.17) is 4.99 Å². The molecule has 0 saturated carbocycles. The molecule has 0 spiro atoms. The second-order valence-corrected chi connectivity index (χ2v) is 12.8. The van der Waals surface area contributed by atoms with E-state index in [0.717, 1.165) is 72.6 Å². The fraction of sp³-hybridized carbons (Fsp3) is 0.0444. The van der Waals surface area contributed by atoms with Crippen molar-refractivity contribution in [3.8, 4) is 0 Å². The van der Waals surface area contributed by atoms with E-state index >= 15 is 0 Å². The summed E-state index contributed by atoms with van der Waals surface area (Å²) in [5, 5.41) is 2.04. The Balaban J connectivity index is 1.42. The lowest BCUT2D eigenvalue weighted by molar-refractivity contribution is 0.671. The van der Waals surface area contributed by atoms with Gasteiger partial charge in [0.1, 0.15) is 0 Å². The quantitative estimate of drug-likeness (QED) is 0.175. The third kappa shape index (κ3) is 4.88. The van der Waals surface area contributed by atoms with Gasteiger partial charge < -0.3 is 15.0 Å². The molecule has 2 aliphatic rings. The number of hydrogen-bond acceptors (Lipinski definition) is 1. The Bertz CT molecular complexity index is 2530. The molecule has 3 aromatic heterocycles. The summed E-state index contributed by atoms with van der Waals surface area (Å²) in [6.45, 7) is 2.31. The van der Waals surface area contributed by atoms with Crippen LogP contribution in [0.2, 0.25) is 0 Å². The van der Waals surface area contributed by atoms with Gasteiger partial charge in [0, 0.05) is 50.7 Å². The molecule has 8 bridgehead atoms. The number of allylic oxidation sites excluding steroid dienone is 2. The molecule has 2 aliphatic heterocycles. The largest absolute Gasteiger partial charge is 0.361 e. The minimum absolute atomic E-state index is 0.477. The van der Waals surface area contributed by atoms with Crippen molar-refractivity contribution in [2.24, 2.45) is 4.99 Å². The molecular formula is C45H34N4. The predicted molar refractivity (Wildman–Crippen MR) is 200 cm³/mol. The van der Waals surface area contributed by atoms with Crippen molar-refractivity contribution in [3.63, 3.8) is 0 Å². The lowest BCUT2D eigenvalue weighted by atomic mass is 9.74. The maximum atomic E-state index is 5.38. The second kappa shape index (κ2) is 11.7. The first-order chi connectivity index (χ1) is 24.2. The third-order valence-corrected chi connectivity index (χ3v) is 9.94. The summed E-state index contributed by atoms with van der Waals surface area (Å²) in [4.78, 5) is 16.8. The lowest BCUT2D eigenvalue weighted by Gasteiger charge is -2.29. The molecule has 4 aromatic carbocycles. The lowest BCUT2D eigenvalue weighted by Crippen LogP contribution is -2.25. The van der Waals surface area contributed by atoms with Crippen LogP contribution in [-0.4, -0.2) is 20.7 Å². The molecule has 234 valence electrons. The van der Waals surface area contributed by atoms with Crippen molar-refractivity contribution in [2.45, 2.75) is 12.3 Å². The zero-order chi connectivity index (χ0) is 32.8. The molecule has 49 heavy (non-hydrogen) atoms. The van der Waals surface area contributed by atoms with E-state index in [1.165, 1.54) is 11.1 Å². The molecule has 0 aliphatic carbocycles. The van der Waals surface area contributed by atoms with E-state index in [0.29, 0.717) is 0 Å². The molecule has 5 heterocycles. The van der Waals surface area contributed by atoms with Crippen molar-refractivity contribution < 1.29 is 0 Å². The smallest absolute Gasteiger partial charge is 0.0737 e. The highest BCUT2D eigenvalue weighted by Crippen LogP contribution is 2.41. The zero-order valence-corrected chi connectivity index (χ0v) is 27.1. The third-order valence-electron chi connectivity index (χ3n) is 9.94. The van der Waals surface area contributed by atoms with Gasteiger partial charge in [0.2, 0.25) is 0 Å². The Morgan fingerprint density at radius 3 is 1.71 bits per heavy atom. The number of aromatic nitrogens is 3. The molecule has 0 radical (unpaired) electrons. The van der Waals surface area contributed by atoms with E-state index in [1.807, 2.05) is 0 Å². The van der Waals surface area contributed by atoms with E-state index in [1.54, 1.807) is 0 Å².